The maximum Gasteiger partial charge on any atom is 0.238 e. The zero-order valence-corrected chi connectivity index (χ0v) is 12.1. The van der Waals surface area contributed by atoms with Crippen LogP contribution in [0, 0.1) is 0 Å². The number of anilines is 1. The normalized spacial score (nSPS) is 11.9. The second-order valence-corrected chi connectivity index (χ2v) is 4.19. The SMILES string of the molecule is COCC(CNCC(=O)Nc1ccccc1OC)OC. The molecule has 0 aromatic heterocycles. The maximum atomic E-state index is 11.8. The minimum Gasteiger partial charge on any atom is -0.495 e. The van der Waals surface area contributed by atoms with Crippen molar-refractivity contribution >= 4 is 11.6 Å². The predicted molar refractivity (Wildman–Crippen MR) is 77.2 cm³/mol. The van der Waals surface area contributed by atoms with Gasteiger partial charge < -0.3 is 24.8 Å². The predicted octanol–water partition coefficient (Wildman–Crippen LogP) is 0.885. The summed E-state index contributed by atoms with van der Waals surface area (Å²) in [4.78, 5) is 11.8. The monoisotopic (exact) mass is 282 g/mol. The van der Waals surface area contributed by atoms with Gasteiger partial charge in [0, 0.05) is 20.8 Å². The van der Waals surface area contributed by atoms with Gasteiger partial charge in [0.25, 0.3) is 0 Å². The molecule has 0 saturated carbocycles. The molecule has 0 heterocycles. The largest absolute Gasteiger partial charge is 0.495 e. The number of rotatable bonds is 9. The molecule has 2 N–H and O–H groups in total. The molecule has 1 amide bonds. The van der Waals surface area contributed by atoms with Crippen LogP contribution in [0.3, 0.4) is 0 Å². The Hall–Kier alpha value is -1.63. The maximum absolute atomic E-state index is 11.8. The summed E-state index contributed by atoms with van der Waals surface area (Å²) >= 11 is 0. The molecule has 0 aliphatic rings. The third-order valence-electron chi connectivity index (χ3n) is 2.72. The first kappa shape index (κ1) is 16.4. The van der Waals surface area contributed by atoms with E-state index in [1.165, 1.54) is 0 Å². The number of hydrogen-bond acceptors (Lipinski definition) is 5. The smallest absolute Gasteiger partial charge is 0.238 e. The lowest BCUT2D eigenvalue weighted by molar-refractivity contribution is -0.115. The highest BCUT2D eigenvalue weighted by Crippen LogP contribution is 2.22. The van der Waals surface area contributed by atoms with Gasteiger partial charge in [0.15, 0.2) is 0 Å². The summed E-state index contributed by atoms with van der Waals surface area (Å²) in [5.41, 5.74) is 0.655. The number of para-hydroxylation sites is 2. The number of amides is 1. The quantitative estimate of drug-likeness (QED) is 0.704. The highest BCUT2D eigenvalue weighted by atomic mass is 16.5. The van der Waals surface area contributed by atoms with Crippen molar-refractivity contribution in [2.24, 2.45) is 0 Å². The fraction of sp³-hybridized carbons (Fsp3) is 0.500. The number of ether oxygens (including phenoxy) is 3. The van der Waals surface area contributed by atoms with E-state index in [1.54, 1.807) is 33.5 Å². The zero-order chi connectivity index (χ0) is 14.8. The molecule has 1 aromatic rings. The summed E-state index contributed by atoms with van der Waals surface area (Å²) in [5, 5.41) is 5.81. The fourth-order valence-electron chi connectivity index (χ4n) is 1.69. The highest BCUT2D eigenvalue weighted by Gasteiger charge is 2.09. The Kier molecular flexibility index (Phi) is 7.64. The molecule has 1 rings (SSSR count). The molecule has 0 aliphatic heterocycles. The van der Waals surface area contributed by atoms with Crippen LogP contribution < -0.4 is 15.4 Å². The summed E-state index contributed by atoms with van der Waals surface area (Å²) in [6, 6.07) is 7.27. The van der Waals surface area contributed by atoms with Crippen LogP contribution >= 0.6 is 0 Å². The number of carbonyl (C=O) groups excluding carboxylic acids is 1. The van der Waals surface area contributed by atoms with Crippen molar-refractivity contribution in [1.82, 2.24) is 5.32 Å². The molecular weight excluding hydrogens is 260 g/mol. The molecule has 1 unspecified atom stereocenters. The molecule has 1 aromatic carbocycles. The Bertz CT molecular complexity index is 412. The molecule has 6 nitrogen and oxygen atoms in total. The third kappa shape index (κ3) is 5.56. The number of hydrogen-bond donors (Lipinski definition) is 2. The lowest BCUT2D eigenvalue weighted by atomic mass is 10.3. The van der Waals surface area contributed by atoms with Crippen LogP contribution in [0.1, 0.15) is 0 Å². The second-order valence-electron chi connectivity index (χ2n) is 4.19. The average Bonchev–Trinajstić information content (AvgIpc) is 2.47. The van der Waals surface area contributed by atoms with Crippen molar-refractivity contribution in [3.63, 3.8) is 0 Å². The van der Waals surface area contributed by atoms with Crippen molar-refractivity contribution < 1.29 is 19.0 Å². The van der Waals surface area contributed by atoms with Crippen LogP contribution in [-0.4, -0.2) is 53.0 Å². The van der Waals surface area contributed by atoms with Crippen molar-refractivity contribution in [3.05, 3.63) is 24.3 Å². The van der Waals surface area contributed by atoms with Crippen LogP contribution in [0.5, 0.6) is 5.75 Å². The average molecular weight is 282 g/mol. The summed E-state index contributed by atoms with van der Waals surface area (Å²) in [6.07, 6.45) is -0.0703. The number of benzene rings is 1. The van der Waals surface area contributed by atoms with Crippen molar-refractivity contribution in [1.29, 1.82) is 0 Å². The van der Waals surface area contributed by atoms with E-state index in [0.717, 1.165) is 0 Å². The van der Waals surface area contributed by atoms with Gasteiger partial charge in [-0.25, -0.2) is 0 Å². The van der Waals surface area contributed by atoms with Crippen LogP contribution in [0.4, 0.5) is 5.69 Å². The molecule has 1 atom stereocenters. The van der Waals surface area contributed by atoms with Gasteiger partial charge in [-0.1, -0.05) is 12.1 Å². The molecule has 20 heavy (non-hydrogen) atoms. The first-order valence-electron chi connectivity index (χ1n) is 6.36. The molecule has 0 spiro atoms. The van der Waals surface area contributed by atoms with E-state index >= 15 is 0 Å². The Balaban J connectivity index is 2.36. The van der Waals surface area contributed by atoms with Gasteiger partial charge in [0.2, 0.25) is 5.91 Å². The first-order valence-corrected chi connectivity index (χ1v) is 6.36. The van der Waals surface area contributed by atoms with E-state index in [2.05, 4.69) is 10.6 Å². The molecule has 0 saturated heterocycles. The summed E-state index contributed by atoms with van der Waals surface area (Å²) in [7, 11) is 4.79. The standard InChI is InChI=1S/C14H22N2O4/c1-18-10-11(19-2)8-15-9-14(17)16-12-6-4-5-7-13(12)20-3/h4-7,11,15H,8-10H2,1-3H3,(H,16,17). The molecule has 0 aliphatic carbocycles. The number of methoxy groups -OCH3 is 3. The Morgan fingerprint density at radius 3 is 2.65 bits per heavy atom. The molecule has 0 radical (unpaired) electrons. The van der Waals surface area contributed by atoms with Gasteiger partial charge in [-0.3, -0.25) is 4.79 Å². The second kappa shape index (κ2) is 9.30. The van der Waals surface area contributed by atoms with Crippen LogP contribution in [0.25, 0.3) is 0 Å². The number of nitrogens with one attached hydrogen (secondary N) is 2. The van der Waals surface area contributed by atoms with Gasteiger partial charge in [0.1, 0.15) is 5.75 Å². The number of carbonyl (C=O) groups is 1. The summed E-state index contributed by atoms with van der Waals surface area (Å²) in [5.74, 6) is 0.497. The van der Waals surface area contributed by atoms with E-state index in [1.807, 2.05) is 12.1 Å². The van der Waals surface area contributed by atoms with E-state index in [4.69, 9.17) is 14.2 Å². The molecule has 0 bridgehead atoms. The van der Waals surface area contributed by atoms with E-state index in [0.29, 0.717) is 24.6 Å². The van der Waals surface area contributed by atoms with Crippen molar-refractivity contribution in [3.8, 4) is 5.75 Å². The molecular formula is C14H22N2O4. The van der Waals surface area contributed by atoms with Crippen LogP contribution in [-0.2, 0) is 14.3 Å². The Labute approximate surface area is 119 Å². The van der Waals surface area contributed by atoms with E-state index in [-0.39, 0.29) is 18.6 Å². The molecule has 0 fully saturated rings. The zero-order valence-electron chi connectivity index (χ0n) is 12.1. The topological polar surface area (TPSA) is 68.8 Å². The Morgan fingerprint density at radius 2 is 2.00 bits per heavy atom. The molecule has 112 valence electrons. The summed E-state index contributed by atoms with van der Waals surface area (Å²) < 4.78 is 15.4. The Morgan fingerprint density at radius 1 is 1.25 bits per heavy atom. The fourth-order valence-corrected chi connectivity index (χ4v) is 1.69. The van der Waals surface area contributed by atoms with Gasteiger partial charge >= 0.3 is 0 Å². The third-order valence-corrected chi connectivity index (χ3v) is 2.72. The van der Waals surface area contributed by atoms with Crippen molar-refractivity contribution in [2.45, 2.75) is 6.10 Å². The van der Waals surface area contributed by atoms with Gasteiger partial charge in [-0.05, 0) is 12.1 Å². The minimum absolute atomic E-state index is 0.0703. The van der Waals surface area contributed by atoms with E-state index in [9.17, 15) is 4.79 Å². The van der Waals surface area contributed by atoms with Gasteiger partial charge in [0.05, 0.1) is 32.1 Å². The van der Waals surface area contributed by atoms with Crippen LogP contribution in [0.15, 0.2) is 24.3 Å². The summed E-state index contributed by atoms with van der Waals surface area (Å²) in [6.45, 7) is 1.23. The lowest BCUT2D eigenvalue weighted by Crippen LogP contribution is -2.36. The van der Waals surface area contributed by atoms with E-state index < -0.39 is 0 Å². The van der Waals surface area contributed by atoms with Gasteiger partial charge in [-0.2, -0.15) is 0 Å². The van der Waals surface area contributed by atoms with Crippen molar-refractivity contribution in [2.75, 3.05) is 46.3 Å². The lowest BCUT2D eigenvalue weighted by Gasteiger charge is -2.15. The minimum atomic E-state index is -0.137. The first-order chi connectivity index (χ1) is 9.71. The van der Waals surface area contributed by atoms with Crippen LogP contribution in [0.2, 0.25) is 0 Å². The highest BCUT2D eigenvalue weighted by molar-refractivity contribution is 5.93. The molecule has 6 heteroatoms. The van der Waals surface area contributed by atoms with Gasteiger partial charge in [-0.15, -0.1) is 0 Å².